The molecule has 0 aromatic heterocycles. The number of allylic oxidation sites excluding steroid dienone is 2. The van der Waals surface area contributed by atoms with E-state index in [1.54, 1.807) is 20.3 Å². The first-order chi connectivity index (χ1) is 11.0. The van der Waals surface area contributed by atoms with Crippen molar-refractivity contribution in [2.45, 2.75) is 12.6 Å². The molecule has 0 aliphatic heterocycles. The van der Waals surface area contributed by atoms with E-state index >= 15 is 0 Å². The van der Waals surface area contributed by atoms with Gasteiger partial charge in [0.15, 0.2) is 0 Å². The van der Waals surface area contributed by atoms with Crippen LogP contribution in [0.1, 0.15) is 17.5 Å². The van der Waals surface area contributed by atoms with Crippen molar-refractivity contribution < 1.29 is 22.6 Å². The number of methoxy groups -OCH3 is 2. The van der Waals surface area contributed by atoms with Crippen LogP contribution >= 0.6 is 0 Å². The minimum atomic E-state index is -4.31. The fraction of sp³-hybridized carbons (Fsp3) is 0.556. The maximum absolute atomic E-state index is 12.9. The Morgan fingerprint density at radius 1 is 1.09 bits per heavy atom. The summed E-state index contributed by atoms with van der Waals surface area (Å²) in [4.78, 5) is 0. The van der Waals surface area contributed by atoms with Gasteiger partial charge in [0.1, 0.15) is 0 Å². The molecule has 0 unspecified atom stereocenters. The highest BCUT2D eigenvalue weighted by Gasteiger charge is 2.48. The Labute approximate surface area is 134 Å². The minimum absolute atomic E-state index is 0.253. The van der Waals surface area contributed by atoms with Gasteiger partial charge >= 0.3 is 6.18 Å². The van der Waals surface area contributed by atoms with Crippen LogP contribution in [0.15, 0.2) is 30.3 Å². The average Bonchev–Trinajstić information content (AvgIpc) is 3.07. The Balaban J connectivity index is 1.90. The summed E-state index contributed by atoms with van der Waals surface area (Å²) >= 11 is 0. The molecule has 0 amide bonds. The number of rotatable bonds is 5. The van der Waals surface area contributed by atoms with Crippen molar-refractivity contribution in [3.05, 3.63) is 41.5 Å². The van der Waals surface area contributed by atoms with Crippen molar-refractivity contribution >= 4 is 5.57 Å². The van der Waals surface area contributed by atoms with Crippen LogP contribution in [0.2, 0.25) is 0 Å². The summed E-state index contributed by atoms with van der Waals surface area (Å²) in [6, 6.07) is 5.65. The SMILES string of the molecule is COC[C@@H]1[C@H](COC)[C@@H]2C=C(c3cccc(C(F)(F)F)c3)[C@H]1C2. The van der Waals surface area contributed by atoms with Crippen molar-refractivity contribution in [3.63, 3.8) is 0 Å². The molecule has 1 aromatic carbocycles. The van der Waals surface area contributed by atoms with Crippen LogP contribution in [0, 0.1) is 23.7 Å². The first kappa shape index (κ1) is 16.5. The van der Waals surface area contributed by atoms with Gasteiger partial charge in [-0.25, -0.2) is 0 Å². The van der Waals surface area contributed by atoms with E-state index in [1.807, 2.05) is 0 Å². The third kappa shape index (κ3) is 3.04. The van der Waals surface area contributed by atoms with E-state index in [4.69, 9.17) is 9.47 Å². The molecule has 23 heavy (non-hydrogen) atoms. The number of hydrogen-bond acceptors (Lipinski definition) is 2. The smallest absolute Gasteiger partial charge is 0.384 e. The molecule has 3 rings (SSSR count). The monoisotopic (exact) mass is 326 g/mol. The van der Waals surface area contributed by atoms with E-state index in [0.29, 0.717) is 36.5 Å². The zero-order valence-corrected chi connectivity index (χ0v) is 13.3. The first-order valence-electron chi connectivity index (χ1n) is 7.83. The zero-order valence-electron chi connectivity index (χ0n) is 13.3. The van der Waals surface area contributed by atoms with Gasteiger partial charge in [-0.1, -0.05) is 18.2 Å². The normalized spacial score (nSPS) is 29.9. The molecule has 0 spiro atoms. The summed E-state index contributed by atoms with van der Waals surface area (Å²) in [5, 5.41) is 0. The van der Waals surface area contributed by atoms with E-state index in [9.17, 15) is 13.2 Å². The van der Waals surface area contributed by atoms with Crippen LogP contribution in [-0.4, -0.2) is 27.4 Å². The summed E-state index contributed by atoms with van der Waals surface area (Å²) in [6.07, 6.45) is -1.18. The molecule has 5 heteroatoms. The number of alkyl halides is 3. The van der Waals surface area contributed by atoms with E-state index < -0.39 is 11.7 Å². The highest BCUT2D eigenvalue weighted by atomic mass is 19.4. The molecule has 2 nitrogen and oxygen atoms in total. The summed E-state index contributed by atoms with van der Waals surface area (Å²) in [5.41, 5.74) is 1.13. The van der Waals surface area contributed by atoms with Gasteiger partial charge in [0.2, 0.25) is 0 Å². The highest BCUT2D eigenvalue weighted by Crippen LogP contribution is 2.55. The van der Waals surface area contributed by atoms with Crippen molar-refractivity contribution in [2.75, 3.05) is 27.4 Å². The lowest BCUT2D eigenvalue weighted by Gasteiger charge is -2.30. The number of benzene rings is 1. The first-order valence-corrected chi connectivity index (χ1v) is 7.83. The molecule has 126 valence electrons. The molecule has 0 saturated heterocycles. The van der Waals surface area contributed by atoms with Crippen molar-refractivity contribution in [2.24, 2.45) is 23.7 Å². The van der Waals surface area contributed by atoms with E-state index in [1.165, 1.54) is 12.1 Å². The van der Waals surface area contributed by atoms with E-state index in [2.05, 4.69) is 6.08 Å². The molecule has 1 fully saturated rings. The van der Waals surface area contributed by atoms with Gasteiger partial charge in [0.05, 0.1) is 5.56 Å². The molecule has 0 N–H and O–H groups in total. The summed E-state index contributed by atoms with van der Waals surface area (Å²) in [7, 11) is 3.36. The van der Waals surface area contributed by atoms with Gasteiger partial charge in [-0.2, -0.15) is 13.2 Å². The molecule has 2 aliphatic rings. The third-order valence-corrected chi connectivity index (χ3v) is 5.18. The molecule has 2 bridgehead atoms. The topological polar surface area (TPSA) is 18.5 Å². The summed E-state index contributed by atoms with van der Waals surface area (Å²) in [5.74, 6) is 1.31. The maximum Gasteiger partial charge on any atom is 0.416 e. The molecule has 4 atom stereocenters. The largest absolute Gasteiger partial charge is 0.416 e. The van der Waals surface area contributed by atoms with E-state index in [0.717, 1.165) is 18.1 Å². The third-order valence-electron chi connectivity index (χ3n) is 5.18. The molecule has 2 aliphatic carbocycles. The molecule has 1 saturated carbocycles. The summed E-state index contributed by atoms with van der Waals surface area (Å²) in [6.45, 7) is 1.28. The Hall–Kier alpha value is -1.33. The number of hydrogen-bond donors (Lipinski definition) is 0. The molecule has 0 heterocycles. The molecular formula is C18H21F3O2. The van der Waals surface area contributed by atoms with Crippen LogP contribution in [-0.2, 0) is 15.7 Å². The number of halogens is 3. The Morgan fingerprint density at radius 3 is 2.43 bits per heavy atom. The predicted molar refractivity (Wildman–Crippen MR) is 81.8 cm³/mol. The number of fused-ring (bicyclic) bond motifs is 2. The van der Waals surface area contributed by atoms with Gasteiger partial charge in [-0.15, -0.1) is 0 Å². The lowest BCUT2D eigenvalue weighted by atomic mass is 9.78. The quantitative estimate of drug-likeness (QED) is 0.805. The highest BCUT2D eigenvalue weighted by molar-refractivity contribution is 5.71. The molecule has 0 radical (unpaired) electrons. The second-order valence-electron chi connectivity index (χ2n) is 6.45. The van der Waals surface area contributed by atoms with Gasteiger partial charge in [0, 0.05) is 27.4 Å². The predicted octanol–water partition coefficient (Wildman–Crippen LogP) is 4.26. The lowest BCUT2D eigenvalue weighted by Crippen LogP contribution is -2.28. The minimum Gasteiger partial charge on any atom is -0.384 e. The van der Waals surface area contributed by atoms with Crippen molar-refractivity contribution in [1.82, 2.24) is 0 Å². The summed E-state index contributed by atoms with van der Waals surface area (Å²) < 4.78 is 49.5. The second kappa shape index (κ2) is 6.29. The van der Waals surface area contributed by atoms with Crippen LogP contribution in [0.4, 0.5) is 13.2 Å². The maximum atomic E-state index is 12.9. The number of ether oxygens (including phenoxy) is 2. The van der Waals surface area contributed by atoms with Crippen LogP contribution < -0.4 is 0 Å². The lowest BCUT2D eigenvalue weighted by molar-refractivity contribution is -0.137. The second-order valence-corrected chi connectivity index (χ2v) is 6.45. The molecular weight excluding hydrogens is 305 g/mol. The van der Waals surface area contributed by atoms with Crippen LogP contribution in [0.3, 0.4) is 0 Å². The Kier molecular flexibility index (Phi) is 4.52. The van der Waals surface area contributed by atoms with Gasteiger partial charge in [0.25, 0.3) is 0 Å². The van der Waals surface area contributed by atoms with E-state index in [-0.39, 0.29) is 5.92 Å². The fourth-order valence-corrected chi connectivity index (χ4v) is 4.22. The van der Waals surface area contributed by atoms with Gasteiger partial charge < -0.3 is 9.47 Å². The standard InChI is InChI=1S/C18H21F3O2/c1-22-9-16-12-7-14(15(8-12)17(16)10-23-2)11-4-3-5-13(6-11)18(19,20)21/h3-7,12,15-17H,8-10H2,1-2H3/t12-,15-,16-,17+/m1/s1. The zero-order chi connectivity index (χ0) is 16.6. The van der Waals surface area contributed by atoms with Crippen molar-refractivity contribution in [1.29, 1.82) is 0 Å². The van der Waals surface area contributed by atoms with Crippen LogP contribution in [0.5, 0.6) is 0 Å². The Morgan fingerprint density at radius 2 is 1.78 bits per heavy atom. The average molecular weight is 326 g/mol. The molecule has 1 aromatic rings. The Bertz CT molecular complexity index is 594. The van der Waals surface area contributed by atoms with Crippen molar-refractivity contribution in [3.8, 4) is 0 Å². The van der Waals surface area contributed by atoms with Gasteiger partial charge in [-0.05, 0) is 53.4 Å². The van der Waals surface area contributed by atoms with Gasteiger partial charge in [-0.3, -0.25) is 0 Å². The van der Waals surface area contributed by atoms with Crippen LogP contribution in [0.25, 0.3) is 5.57 Å². The fourth-order valence-electron chi connectivity index (χ4n) is 4.22.